The molecule has 0 aromatic carbocycles. The molecule has 24 heavy (non-hydrogen) atoms. The minimum absolute atomic E-state index is 0.222. The predicted octanol–water partition coefficient (Wildman–Crippen LogP) is 2.48. The zero-order chi connectivity index (χ0) is 17.2. The van der Waals surface area contributed by atoms with Crippen molar-refractivity contribution in [2.75, 3.05) is 6.54 Å². The number of aromatic nitrogens is 2. The highest BCUT2D eigenvalue weighted by atomic mass is 32.1. The molecule has 0 saturated heterocycles. The van der Waals surface area contributed by atoms with E-state index in [9.17, 15) is 0 Å². The number of hydrogen-bond donors (Lipinski definition) is 2. The highest BCUT2D eigenvalue weighted by Crippen LogP contribution is 2.09. The van der Waals surface area contributed by atoms with E-state index in [1.165, 1.54) is 0 Å². The molecule has 0 radical (unpaired) electrons. The van der Waals surface area contributed by atoms with Crippen LogP contribution in [0.1, 0.15) is 31.2 Å². The molecule has 0 spiro atoms. The molecule has 0 fully saturated rings. The molecule has 5 nitrogen and oxygen atoms in total. The maximum atomic E-state index is 5.68. The third kappa shape index (κ3) is 6.60. The molecule has 3 N–H and O–H groups in total. The van der Waals surface area contributed by atoms with Crippen LogP contribution in [-0.4, -0.2) is 32.6 Å². The molecule has 2 aromatic rings. The van der Waals surface area contributed by atoms with E-state index in [4.69, 9.17) is 18.0 Å². The molecule has 1 unspecified atom stereocenters. The Bertz CT molecular complexity index is 564. The summed E-state index contributed by atoms with van der Waals surface area (Å²) in [4.78, 5) is 11.2. The molecule has 0 aliphatic carbocycles. The smallest absolute Gasteiger partial charge is 0.163 e. The topological polar surface area (TPSA) is 67.1 Å². The van der Waals surface area contributed by atoms with Gasteiger partial charge in [0.25, 0.3) is 0 Å². The number of nitrogens with one attached hydrogen (secondary N) is 1. The number of nitrogens with zero attached hydrogens (tertiary/aromatic N) is 3. The Balaban J connectivity index is 2.09. The van der Waals surface area contributed by atoms with Crippen molar-refractivity contribution in [3.63, 3.8) is 0 Å². The molecule has 0 aliphatic rings. The van der Waals surface area contributed by atoms with E-state index in [1.807, 2.05) is 48.8 Å². The third-order valence-corrected chi connectivity index (χ3v) is 3.80. The fourth-order valence-electron chi connectivity index (χ4n) is 2.70. The van der Waals surface area contributed by atoms with Crippen molar-refractivity contribution < 1.29 is 0 Å². The molecular weight excluding hydrogens is 318 g/mol. The number of pyridine rings is 2. The molecule has 0 saturated carbocycles. The van der Waals surface area contributed by atoms with Crippen LogP contribution in [0.4, 0.5) is 0 Å². The van der Waals surface area contributed by atoms with E-state index in [-0.39, 0.29) is 6.04 Å². The second-order valence-corrected chi connectivity index (χ2v) is 6.25. The first-order valence-electron chi connectivity index (χ1n) is 8.25. The fourth-order valence-corrected chi connectivity index (χ4v) is 2.86. The van der Waals surface area contributed by atoms with Gasteiger partial charge in [-0.2, -0.15) is 0 Å². The number of thiocarbonyl (C=S) groups is 1. The monoisotopic (exact) mass is 343 g/mol. The average Bonchev–Trinajstić information content (AvgIpc) is 2.56. The molecule has 1 atom stereocenters. The maximum absolute atomic E-state index is 5.68. The van der Waals surface area contributed by atoms with Crippen molar-refractivity contribution in [2.24, 2.45) is 5.73 Å². The molecule has 2 rings (SSSR count). The van der Waals surface area contributed by atoms with Crippen molar-refractivity contribution in [2.45, 2.75) is 38.9 Å². The van der Waals surface area contributed by atoms with Gasteiger partial charge in [-0.15, -0.1) is 0 Å². The molecule has 6 heteroatoms. The lowest BCUT2D eigenvalue weighted by Gasteiger charge is -2.27. The van der Waals surface area contributed by atoms with Gasteiger partial charge in [-0.1, -0.05) is 25.5 Å². The molecule has 2 heterocycles. The quantitative estimate of drug-likeness (QED) is 0.682. The van der Waals surface area contributed by atoms with Crippen LogP contribution < -0.4 is 11.1 Å². The largest absolute Gasteiger partial charge is 0.376 e. The van der Waals surface area contributed by atoms with Gasteiger partial charge in [-0.25, -0.2) is 0 Å². The van der Waals surface area contributed by atoms with Crippen molar-refractivity contribution in [1.29, 1.82) is 0 Å². The first kappa shape index (κ1) is 18.3. The van der Waals surface area contributed by atoms with Crippen LogP contribution >= 0.6 is 12.2 Å². The standard InChI is InChI=1S/C18H25N5S/c1-2-7-17(22-18(19)24)14-23(12-15-8-3-5-10-20-15)13-16-9-4-6-11-21-16/h3-6,8-11,17H,2,7,12-14H2,1H3,(H3,19,22,24). The number of hydrogen-bond acceptors (Lipinski definition) is 4. The van der Waals surface area contributed by atoms with Crippen LogP contribution in [-0.2, 0) is 13.1 Å². The van der Waals surface area contributed by atoms with Gasteiger partial charge in [0.15, 0.2) is 5.11 Å². The molecule has 0 amide bonds. The normalized spacial score (nSPS) is 12.1. The Labute approximate surface area is 149 Å². The van der Waals surface area contributed by atoms with Crippen LogP contribution in [0.15, 0.2) is 48.8 Å². The van der Waals surface area contributed by atoms with E-state index in [1.54, 1.807) is 0 Å². The molecule has 2 aromatic heterocycles. The first-order chi connectivity index (χ1) is 11.7. The van der Waals surface area contributed by atoms with E-state index >= 15 is 0 Å². The molecule has 128 valence electrons. The van der Waals surface area contributed by atoms with E-state index in [2.05, 4.69) is 27.1 Å². The summed E-state index contributed by atoms with van der Waals surface area (Å²) >= 11 is 5.02. The minimum Gasteiger partial charge on any atom is -0.376 e. The summed E-state index contributed by atoms with van der Waals surface area (Å²) in [5.41, 5.74) is 7.76. The Morgan fingerprint density at radius 2 is 1.71 bits per heavy atom. The summed E-state index contributed by atoms with van der Waals surface area (Å²) in [5.74, 6) is 0. The van der Waals surface area contributed by atoms with Crippen LogP contribution in [0.2, 0.25) is 0 Å². The fraction of sp³-hybridized carbons (Fsp3) is 0.389. The van der Waals surface area contributed by atoms with Gasteiger partial charge in [0.05, 0.1) is 11.4 Å². The van der Waals surface area contributed by atoms with Gasteiger partial charge in [0, 0.05) is 38.1 Å². The van der Waals surface area contributed by atoms with Crippen LogP contribution in [0, 0.1) is 0 Å². The summed E-state index contributed by atoms with van der Waals surface area (Å²) in [7, 11) is 0. The minimum atomic E-state index is 0.222. The zero-order valence-electron chi connectivity index (χ0n) is 14.1. The van der Waals surface area contributed by atoms with Crippen LogP contribution in [0.5, 0.6) is 0 Å². The molecule has 0 aliphatic heterocycles. The highest BCUT2D eigenvalue weighted by Gasteiger charge is 2.16. The van der Waals surface area contributed by atoms with Crippen LogP contribution in [0.3, 0.4) is 0 Å². The second-order valence-electron chi connectivity index (χ2n) is 5.81. The highest BCUT2D eigenvalue weighted by molar-refractivity contribution is 7.80. The summed E-state index contributed by atoms with van der Waals surface area (Å²) in [5, 5.41) is 3.56. The van der Waals surface area contributed by atoms with Gasteiger partial charge < -0.3 is 11.1 Å². The number of rotatable bonds is 9. The summed E-state index contributed by atoms with van der Waals surface area (Å²) in [6, 6.07) is 12.2. The van der Waals surface area contributed by atoms with Crippen molar-refractivity contribution in [1.82, 2.24) is 20.2 Å². The van der Waals surface area contributed by atoms with Gasteiger partial charge >= 0.3 is 0 Å². The Morgan fingerprint density at radius 1 is 1.12 bits per heavy atom. The summed E-state index contributed by atoms with van der Waals surface area (Å²) in [6.45, 7) is 4.52. The van der Waals surface area contributed by atoms with Gasteiger partial charge in [0.2, 0.25) is 0 Å². The third-order valence-electron chi connectivity index (χ3n) is 3.69. The van der Waals surface area contributed by atoms with Crippen molar-refractivity contribution in [3.05, 3.63) is 60.2 Å². The second kappa shape index (κ2) is 9.95. The van der Waals surface area contributed by atoms with E-state index in [0.29, 0.717) is 5.11 Å². The van der Waals surface area contributed by atoms with Crippen molar-refractivity contribution >= 4 is 17.3 Å². The number of nitrogens with two attached hydrogens (primary N) is 1. The lowest BCUT2D eigenvalue weighted by atomic mass is 10.1. The van der Waals surface area contributed by atoms with Gasteiger partial charge in [-0.3, -0.25) is 14.9 Å². The Morgan fingerprint density at radius 3 is 2.12 bits per heavy atom. The first-order valence-corrected chi connectivity index (χ1v) is 8.66. The average molecular weight is 344 g/mol. The molecular formula is C18H25N5S. The predicted molar refractivity (Wildman–Crippen MR) is 101 cm³/mol. The van der Waals surface area contributed by atoms with Gasteiger partial charge in [-0.05, 0) is 42.9 Å². The lowest BCUT2D eigenvalue weighted by molar-refractivity contribution is 0.224. The maximum Gasteiger partial charge on any atom is 0.163 e. The van der Waals surface area contributed by atoms with E-state index in [0.717, 1.165) is 43.9 Å². The lowest BCUT2D eigenvalue weighted by Crippen LogP contribution is -2.45. The van der Waals surface area contributed by atoms with Crippen molar-refractivity contribution in [3.8, 4) is 0 Å². The summed E-state index contributed by atoms with van der Waals surface area (Å²) in [6.07, 6.45) is 5.73. The van der Waals surface area contributed by atoms with Crippen LogP contribution in [0.25, 0.3) is 0 Å². The van der Waals surface area contributed by atoms with Gasteiger partial charge in [0.1, 0.15) is 0 Å². The van der Waals surface area contributed by atoms with E-state index < -0.39 is 0 Å². The Kier molecular flexibility index (Phi) is 7.58. The molecule has 0 bridgehead atoms. The SMILES string of the molecule is CCCC(CN(Cc1ccccn1)Cc1ccccn1)NC(N)=S. The summed E-state index contributed by atoms with van der Waals surface area (Å²) < 4.78 is 0. The zero-order valence-corrected chi connectivity index (χ0v) is 14.9. The Hall–Kier alpha value is -2.05.